The fraction of sp³-hybridized carbons (Fsp3) is 0.560. The average molecular weight is 529 g/mol. The molecule has 0 saturated carbocycles. The molecule has 1 aliphatic heterocycles. The van der Waals surface area contributed by atoms with E-state index in [-0.39, 0.29) is 55.8 Å². The van der Waals surface area contributed by atoms with Gasteiger partial charge in [0.25, 0.3) is 0 Å². The van der Waals surface area contributed by atoms with Gasteiger partial charge >= 0.3 is 12.1 Å². The number of esters is 1. The summed E-state index contributed by atoms with van der Waals surface area (Å²) in [4.78, 5) is 21.5. The van der Waals surface area contributed by atoms with Gasteiger partial charge < -0.3 is 9.47 Å². The first-order valence-electron chi connectivity index (χ1n) is 11.7. The Bertz CT molecular complexity index is 1140. The van der Waals surface area contributed by atoms with Gasteiger partial charge in [0, 0.05) is 44.2 Å². The highest BCUT2D eigenvalue weighted by Gasteiger charge is 2.53. The Kier molecular flexibility index (Phi) is 8.44. The Morgan fingerprint density at radius 3 is 2.22 bits per heavy atom. The highest BCUT2D eigenvalue weighted by molar-refractivity contribution is 7.93. The molecule has 0 spiro atoms. The van der Waals surface area contributed by atoms with E-state index in [1.807, 2.05) is 20.8 Å². The van der Waals surface area contributed by atoms with Crippen molar-refractivity contribution in [2.24, 2.45) is 5.41 Å². The Morgan fingerprint density at radius 1 is 1.06 bits per heavy atom. The molecule has 0 atom stereocenters. The fourth-order valence-corrected chi connectivity index (χ4v) is 5.76. The lowest BCUT2D eigenvalue weighted by atomic mass is 9.97. The van der Waals surface area contributed by atoms with Gasteiger partial charge in [0.05, 0.1) is 29.1 Å². The minimum Gasteiger partial charge on any atom is -0.464 e. The zero-order chi connectivity index (χ0) is 26.6. The Balaban J connectivity index is 1.78. The summed E-state index contributed by atoms with van der Waals surface area (Å²) in [6.07, 6.45) is -2.15. The first-order chi connectivity index (χ1) is 16.7. The number of aromatic nitrogens is 2. The second kappa shape index (κ2) is 10.8. The largest absolute Gasteiger partial charge is 0.464 e. The van der Waals surface area contributed by atoms with Crippen molar-refractivity contribution >= 4 is 15.8 Å². The van der Waals surface area contributed by atoms with E-state index < -0.39 is 33.2 Å². The zero-order valence-corrected chi connectivity index (χ0v) is 21.4. The molecule has 1 saturated heterocycles. The number of hydrogen-bond donors (Lipinski definition) is 0. The first kappa shape index (κ1) is 28.0. The monoisotopic (exact) mass is 528 g/mol. The molecule has 0 unspecified atom stereocenters. The van der Waals surface area contributed by atoms with Crippen molar-refractivity contribution in [2.75, 3.05) is 19.8 Å². The van der Waals surface area contributed by atoms with E-state index in [1.54, 1.807) is 12.1 Å². The standard InChI is InChI=1S/C25H31F3N2O5S/c1-23(2,3)17-35-22(31)24(11-13-34-14-12-24)36(32,33)20-8-6-18(7-9-20)21-16-29-19(15-30-21)5-4-10-25(26,27)28/h6-9,15-16H,4-5,10-14,17H2,1-3H3. The molecule has 3 rings (SSSR count). The van der Waals surface area contributed by atoms with Gasteiger partial charge in [-0.25, -0.2) is 8.42 Å². The molecule has 2 heterocycles. The van der Waals surface area contributed by atoms with Crippen LogP contribution in [0.2, 0.25) is 0 Å². The number of ether oxygens (including phenoxy) is 2. The van der Waals surface area contributed by atoms with Gasteiger partial charge in [-0.1, -0.05) is 32.9 Å². The van der Waals surface area contributed by atoms with E-state index in [4.69, 9.17) is 9.47 Å². The van der Waals surface area contributed by atoms with E-state index in [2.05, 4.69) is 9.97 Å². The minimum atomic E-state index is -4.21. The van der Waals surface area contributed by atoms with E-state index in [0.717, 1.165) is 0 Å². The molecule has 36 heavy (non-hydrogen) atoms. The lowest BCUT2D eigenvalue weighted by Crippen LogP contribution is -2.51. The van der Waals surface area contributed by atoms with Gasteiger partial charge in [-0.2, -0.15) is 13.2 Å². The fourth-order valence-electron chi connectivity index (χ4n) is 3.83. The summed E-state index contributed by atoms with van der Waals surface area (Å²) in [5.41, 5.74) is 1.16. The van der Waals surface area contributed by atoms with Gasteiger partial charge in [0.2, 0.25) is 0 Å². The Morgan fingerprint density at radius 2 is 1.69 bits per heavy atom. The third-order valence-corrected chi connectivity index (χ3v) is 8.38. The van der Waals surface area contributed by atoms with Gasteiger partial charge in [-0.05, 0) is 30.4 Å². The topological polar surface area (TPSA) is 95.5 Å². The molecular formula is C25H31F3N2O5S. The van der Waals surface area contributed by atoms with Crippen LogP contribution in [0.5, 0.6) is 0 Å². The third-order valence-electron chi connectivity index (χ3n) is 5.88. The maximum absolute atomic E-state index is 13.7. The van der Waals surface area contributed by atoms with Crippen LogP contribution in [0.25, 0.3) is 11.3 Å². The van der Waals surface area contributed by atoms with E-state index in [0.29, 0.717) is 17.0 Å². The molecule has 2 aromatic rings. The van der Waals surface area contributed by atoms with Gasteiger partial charge in [0.15, 0.2) is 14.6 Å². The quantitative estimate of drug-likeness (QED) is 0.448. The summed E-state index contributed by atoms with van der Waals surface area (Å²) in [5, 5.41) is 0. The molecule has 0 radical (unpaired) electrons. The molecule has 1 fully saturated rings. The predicted molar refractivity (Wildman–Crippen MR) is 127 cm³/mol. The van der Waals surface area contributed by atoms with Crippen molar-refractivity contribution in [3.8, 4) is 11.3 Å². The molecule has 7 nitrogen and oxygen atoms in total. The summed E-state index contributed by atoms with van der Waals surface area (Å²) < 4.78 is 73.4. The van der Waals surface area contributed by atoms with Crippen LogP contribution in [0, 0.1) is 5.41 Å². The van der Waals surface area contributed by atoms with Crippen LogP contribution >= 0.6 is 0 Å². The van der Waals surface area contributed by atoms with Crippen LogP contribution in [0.4, 0.5) is 13.2 Å². The van der Waals surface area contributed by atoms with Gasteiger partial charge in [0.1, 0.15) is 0 Å². The number of sulfone groups is 1. The number of rotatable bonds is 8. The van der Waals surface area contributed by atoms with E-state index in [1.165, 1.54) is 24.5 Å². The lowest BCUT2D eigenvalue weighted by Gasteiger charge is -2.35. The number of benzene rings is 1. The molecule has 1 aliphatic rings. The smallest absolute Gasteiger partial charge is 0.389 e. The third kappa shape index (κ3) is 6.82. The van der Waals surface area contributed by atoms with Crippen molar-refractivity contribution in [3.63, 3.8) is 0 Å². The summed E-state index contributed by atoms with van der Waals surface area (Å²) in [6.45, 7) is 6.03. The van der Waals surface area contributed by atoms with Gasteiger partial charge in [-0.15, -0.1) is 0 Å². The van der Waals surface area contributed by atoms with Crippen molar-refractivity contribution in [2.45, 2.75) is 68.7 Å². The van der Waals surface area contributed by atoms with Crippen molar-refractivity contribution in [3.05, 3.63) is 42.4 Å². The number of halogens is 3. The molecule has 198 valence electrons. The number of nitrogens with zero attached hydrogens (tertiary/aromatic N) is 2. The molecule has 0 N–H and O–H groups in total. The summed E-state index contributed by atoms with van der Waals surface area (Å²) in [5.74, 6) is -0.767. The highest BCUT2D eigenvalue weighted by atomic mass is 32.2. The Hall–Kier alpha value is -2.53. The minimum absolute atomic E-state index is 0.00133. The average Bonchev–Trinajstić information content (AvgIpc) is 2.82. The normalized spacial score (nSPS) is 16.5. The van der Waals surface area contributed by atoms with Crippen molar-refractivity contribution in [1.29, 1.82) is 0 Å². The van der Waals surface area contributed by atoms with Crippen LogP contribution in [0.3, 0.4) is 0 Å². The lowest BCUT2D eigenvalue weighted by molar-refractivity contribution is -0.152. The van der Waals surface area contributed by atoms with Crippen LogP contribution < -0.4 is 0 Å². The first-order valence-corrected chi connectivity index (χ1v) is 13.2. The highest BCUT2D eigenvalue weighted by Crippen LogP contribution is 2.37. The van der Waals surface area contributed by atoms with Crippen LogP contribution in [0.15, 0.2) is 41.6 Å². The number of carbonyl (C=O) groups is 1. The van der Waals surface area contributed by atoms with Crippen LogP contribution in [-0.4, -0.2) is 55.1 Å². The maximum Gasteiger partial charge on any atom is 0.389 e. The zero-order valence-electron chi connectivity index (χ0n) is 20.6. The number of carbonyl (C=O) groups excluding carboxylic acids is 1. The molecular weight excluding hydrogens is 497 g/mol. The van der Waals surface area contributed by atoms with Crippen LogP contribution in [-0.2, 0) is 30.5 Å². The molecule has 0 aliphatic carbocycles. The van der Waals surface area contributed by atoms with Gasteiger partial charge in [-0.3, -0.25) is 14.8 Å². The predicted octanol–water partition coefficient (Wildman–Crippen LogP) is 4.94. The second-order valence-corrected chi connectivity index (χ2v) is 12.4. The van der Waals surface area contributed by atoms with E-state index in [9.17, 15) is 26.4 Å². The Labute approximate surface area is 209 Å². The number of alkyl halides is 3. The number of aryl methyl sites for hydroxylation is 1. The SMILES string of the molecule is CC(C)(C)COC(=O)C1(S(=O)(=O)c2ccc(-c3cnc(CCCC(F)(F)F)cn3)cc2)CCOCC1. The van der Waals surface area contributed by atoms with Crippen LogP contribution in [0.1, 0.15) is 52.1 Å². The number of hydrogen-bond acceptors (Lipinski definition) is 7. The second-order valence-electron chi connectivity index (χ2n) is 10.1. The molecule has 1 aromatic heterocycles. The summed E-state index contributed by atoms with van der Waals surface area (Å²) in [6, 6.07) is 5.96. The maximum atomic E-state index is 13.7. The van der Waals surface area contributed by atoms with Crippen molar-refractivity contribution in [1.82, 2.24) is 9.97 Å². The van der Waals surface area contributed by atoms with E-state index >= 15 is 0 Å². The molecule has 1 aromatic carbocycles. The summed E-state index contributed by atoms with van der Waals surface area (Å²) >= 11 is 0. The van der Waals surface area contributed by atoms with Crippen molar-refractivity contribution < 1.29 is 35.9 Å². The summed E-state index contributed by atoms with van der Waals surface area (Å²) in [7, 11) is -4.10. The molecule has 0 amide bonds. The molecule has 11 heteroatoms. The molecule has 0 bridgehead atoms.